The number of amides is 1. The SMILES string of the molecule is O=C(C[C@H]1CC[C@H]2[C@@H](COC[C@@H](O)CN2S(=O)(=O)c2ccc(Cl)cc2)O1)N[C@@H]1CCN(Cc2ccccc2)C1. The summed E-state index contributed by atoms with van der Waals surface area (Å²) < 4.78 is 40.4. The Morgan fingerprint density at radius 1 is 1.03 bits per heavy atom. The van der Waals surface area contributed by atoms with Gasteiger partial charge >= 0.3 is 0 Å². The molecule has 212 valence electrons. The largest absolute Gasteiger partial charge is 0.389 e. The molecule has 1 amide bonds. The Hall–Kier alpha value is -2.05. The number of β-amino-alcohol motifs (C(OH)–C–C–N with tert-alkyl or cyclic N) is 1. The fourth-order valence-corrected chi connectivity index (χ4v) is 7.58. The summed E-state index contributed by atoms with van der Waals surface area (Å²) in [5.74, 6) is -0.0576. The molecule has 9 nitrogen and oxygen atoms in total. The third-order valence-electron chi connectivity index (χ3n) is 7.65. The number of ether oxygens (including phenoxy) is 2. The number of sulfonamides is 1. The molecule has 5 atom stereocenters. The van der Waals surface area contributed by atoms with Gasteiger partial charge in [0.2, 0.25) is 15.9 Å². The van der Waals surface area contributed by atoms with Crippen LogP contribution in [0.25, 0.3) is 0 Å². The number of fused-ring (bicyclic) bond motifs is 1. The van der Waals surface area contributed by atoms with Crippen LogP contribution < -0.4 is 5.32 Å². The van der Waals surface area contributed by atoms with E-state index >= 15 is 0 Å². The van der Waals surface area contributed by atoms with Gasteiger partial charge in [-0.25, -0.2) is 8.42 Å². The molecular weight excluding hydrogens is 542 g/mol. The van der Waals surface area contributed by atoms with Crippen molar-refractivity contribution in [3.05, 3.63) is 65.2 Å². The van der Waals surface area contributed by atoms with Gasteiger partial charge in [-0.05, 0) is 49.1 Å². The topological polar surface area (TPSA) is 108 Å². The number of benzene rings is 2. The Bertz CT molecular complexity index is 1220. The van der Waals surface area contributed by atoms with Crippen LogP contribution in [0.15, 0.2) is 59.5 Å². The van der Waals surface area contributed by atoms with Crippen molar-refractivity contribution in [2.75, 3.05) is 32.8 Å². The molecule has 3 fully saturated rings. The standard InChI is InChI=1S/C28H36ClN3O6S/c29-21-6-9-25(10-7-21)39(35,36)32-17-23(33)18-37-19-27-26(32)11-8-24(38-27)14-28(34)30-22-12-13-31(16-22)15-20-4-2-1-3-5-20/h1-7,9-10,22-24,26-27,33H,8,11-19H2,(H,30,34)/t22-,23+,24-,26+,27-/m1/s1. The van der Waals surface area contributed by atoms with Crippen LogP contribution >= 0.6 is 11.6 Å². The lowest BCUT2D eigenvalue weighted by Gasteiger charge is -2.43. The summed E-state index contributed by atoms with van der Waals surface area (Å²) in [6, 6.07) is 15.9. The molecule has 0 unspecified atom stereocenters. The summed E-state index contributed by atoms with van der Waals surface area (Å²) in [5, 5.41) is 14.0. The van der Waals surface area contributed by atoms with E-state index in [1.54, 1.807) is 0 Å². The average Bonchev–Trinajstić information content (AvgIpc) is 3.33. The maximum Gasteiger partial charge on any atom is 0.243 e. The summed E-state index contributed by atoms with van der Waals surface area (Å²) in [6.45, 7) is 2.66. The number of likely N-dealkylation sites (tertiary alicyclic amines) is 1. The second-order valence-electron chi connectivity index (χ2n) is 10.6. The highest BCUT2D eigenvalue weighted by Crippen LogP contribution is 2.32. The van der Waals surface area contributed by atoms with Crippen LogP contribution in [0.3, 0.4) is 0 Å². The average molecular weight is 578 g/mol. The molecule has 3 aliphatic heterocycles. The van der Waals surface area contributed by atoms with Crippen LogP contribution in [0.1, 0.15) is 31.2 Å². The highest BCUT2D eigenvalue weighted by molar-refractivity contribution is 7.89. The smallest absolute Gasteiger partial charge is 0.243 e. The third-order valence-corrected chi connectivity index (χ3v) is 9.81. The molecule has 2 aromatic rings. The van der Waals surface area contributed by atoms with Crippen molar-refractivity contribution < 1.29 is 27.8 Å². The number of rotatable bonds is 7. The number of carbonyl (C=O) groups excluding carboxylic acids is 1. The quantitative estimate of drug-likeness (QED) is 0.520. The zero-order valence-electron chi connectivity index (χ0n) is 21.8. The number of halogens is 1. The Balaban J connectivity index is 1.18. The van der Waals surface area contributed by atoms with Crippen molar-refractivity contribution >= 4 is 27.5 Å². The minimum absolute atomic E-state index is 0.00549. The molecule has 0 bridgehead atoms. The fourth-order valence-electron chi connectivity index (χ4n) is 5.74. The summed E-state index contributed by atoms with van der Waals surface area (Å²) in [6.07, 6.45) is 0.319. The second kappa shape index (κ2) is 12.6. The number of hydrogen-bond acceptors (Lipinski definition) is 7. The van der Waals surface area contributed by atoms with Crippen LogP contribution in [0.2, 0.25) is 5.02 Å². The van der Waals surface area contributed by atoms with Gasteiger partial charge in [-0.3, -0.25) is 9.69 Å². The molecule has 39 heavy (non-hydrogen) atoms. The molecule has 0 radical (unpaired) electrons. The van der Waals surface area contributed by atoms with Crippen molar-refractivity contribution in [1.82, 2.24) is 14.5 Å². The molecule has 0 spiro atoms. The zero-order chi connectivity index (χ0) is 27.4. The van der Waals surface area contributed by atoms with E-state index in [0.29, 0.717) is 17.9 Å². The van der Waals surface area contributed by atoms with Crippen molar-refractivity contribution in [2.24, 2.45) is 0 Å². The molecule has 0 saturated carbocycles. The lowest BCUT2D eigenvalue weighted by molar-refractivity contribution is -0.146. The van der Waals surface area contributed by atoms with Crippen LogP contribution in [0, 0.1) is 0 Å². The van der Waals surface area contributed by atoms with Gasteiger partial charge in [-0.1, -0.05) is 41.9 Å². The summed E-state index contributed by atoms with van der Waals surface area (Å²) >= 11 is 5.96. The highest BCUT2D eigenvalue weighted by Gasteiger charge is 2.43. The van der Waals surface area contributed by atoms with Gasteiger partial charge in [0.1, 0.15) is 0 Å². The van der Waals surface area contributed by atoms with Gasteiger partial charge in [0.25, 0.3) is 0 Å². The zero-order valence-corrected chi connectivity index (χ0v) is 23.4. The normalized spacial score (nSPS) is 28.8. The molecule has 0 aromatic heterocycles. The third kappa shape index (κ3) is 7.18. The first-order chi connectivity index (χ1) is 18.8. The minimum Gasteiger partial charge on any atom is -0.389 e. The maximum absolute atomic E-state index is 13.6. The van der Waals surface area contributed by atoms with E-state index in [-0.39, 0.29) is 49.1 Å². The van der Waals surface area contributed by atoms with Gasteiger partial charge in [0.15, 0.2) is 0 Å². The summed E-state index contributed by atoms with van der Waals surface area (Å²) in [4.78, 5) is 15.4. The van der Waals surface area contributed by atoms with E-state index in [2.05, 4.69) is 22.3 Å². The van der Waals surface area contributed by atoms with E-state index in [0.717, 1.165) is 26.1 Å². The molecule has 11 heteroatoms. The molecule has 3 aliphatic rings. The van der Waals surface area contributed by atoms with Crippen LogP contribution in [-0.2, 0) is 30.8 Å². The Kier molecular flexibility index (Phi) is 9.23. The lowest BCUT2D eigenvalue weighted by atomic mass is 9.96. The number of aliphatic hydroxyl groups is 1. The molecular formula is C28H36ClN3O6S. The van der Waals surface area contributed by atoms with E-state index < -0.39 is 28.3 Å². The first-order valence-electron chi connectivity index (χ1n) is 13.5. The Morgan fingerprint density at radius 2 is 1.79 bits per heavy atom. The number of nitrogens with zero attached hydrogens (tertiary/aromatic N) is 2. The van der Waals surface area contributed by atoms with E-state index in [4.69, 9.17) is 21.1 Å². The number of nitrogens with one attached hydrogen (secondary N) is 1. The van der Waals surface area contributed by atoms with Crippen molar-refractivity contribution in [2.45, 2.75) is 67.5 Å². The first-order valence-corrected chi connectivity index (χ1v) is 15.3. The minimum atomic E-state index is -3.91. The monoisotopic (exact) mass is 577 g/mol. The van der Waals surface area contributed by atoms with Crippen molar-refractivity contribution in [3.63, 3.8) is 0 Å². The highest BCUT2D eigenvalue weighted by atomic mass is 35.5. The van der Waals surface area contributed by atoms with Crippen molar-refractivity contribution in [3.8, 4) is 0 Å². The van der Waals surface area contributed by atoms with Crippen LogP contribution in [0.5, 0.6) is 0 Å². The van der Waals surface area contributed by atoms with E-state index in [1.165, 1.54) is 34.1 Å². The number of hydrogen-bond donors (Lipinski definition) is 2. The molecule has 5 rings (SSSR count). The molecule has 3 heterocycles. The summed E-state index contributed by atoms with van der Waals surface area (Å²) in [5.41, 5.74) is 1.26. The van der Waals surface area contributed by atoms with Crippen LogP contribution in [0.4, 0.5) is 0 Å². The molecule has 3 saturated heterocycles. The number of carbonyl (C=O) groups is 1. The van der Waals surface area contributed by atoms with Gasteiger partial charge < -0.3 is 19.9 Å². The maximum atomic E-state index is 13.6. The predicted molar refractivity (Wildman–Crippen MR) is 147 cm³/mol. The summed E-state index contributed by atoms with van der Waals surface area (Å²) in [7, 11) is -3.91. The van der Waals surface area contributed by atoms with Crippen molar-refractivity contribution in [1.29, 1.82) is 0 Å². The van der Waals surface area contributed by atoms with Gasteiger partial charge in [-0.2, -0.15) is 4.31 Å². The second-order valence-corrected chi connectivity index (χ2v) is 13.0. The first kappa shape index (κ1) is 28.5. The van der Waals surface area contributed by atoms with Gasteiger partial charge in [-0.15, -0.1) is 0 Å². The fraction of sp³-hybridized carbons (Fsp3) is 0.536. The Morgan fingerprint density at radius 3 is 2.56 bits per heavy atom. The molecule has 2 N–H and O–H groups in total. The molecule has 2 aromatic carbocycles. The van der Waals surface area contributed by atoms with Gasteiger partial charge in [0.05, 0.1) is 48.9 Å². The lowest BCUT2D eigenvalue weighted by Crippen LogP contribution is -2.57. The van der Waals surface area contributed by atoms with E-state index in [1.807, 2.05) is 18.2 Å². The van der Waals surface area contributed by atoms with Crippen LogP contribution in [-0.4, -0.2) is 91.9 Å². The Labute approximate surface area is 235 Å². The van der Waals surface area contributed by atoms with Gasteiger partial charge in [0, 0.05) is 37.2 Å². The van der Waals surface area contributed by atoms with E-state index in [9.17, 15) is 18.3 Å². The number of aliphatic hydroxyl groups excluding tert-OH is 1. The predicted octanol–water partition coefficient (Wildman–Crippen LogP) is 2.42. The molecule has 0 aliphatic carbocycles.